The lowest BCUT2D eigenvalue weighted by molar-refractivity contribution is 0.362. The Labute approximate surface area is 76.5 Å². The molecule has 2 heteroatoms. The van der Waals surface area contributed by atoms with Gasteiger partial charge in [-0.25, -0.2) is 0 Å². The van der Waals surface area contributed by atoms with Crippen LogP contribution in [0.15, 0.2) is 0 Å². The quantitative estimate of drug-likeness (QED) is 0.560. The highest BCUT2D eigenvalue weighted by molar-refractivity contribution is 7.99. The van der Waals surface area contributed by atoms with Crippen LogP contribution in [0.3, 0.4) is 0 Å². The first kappa shape index (κ1) is 13.9. The summed E-state index contributed by atoms with van der Waals surface area (Å²) in [6.07, 6.45) is 1.38. The van der Waals surface area contributed by atoms with Gasteiger partial charge in [-0.3, -0.25) is 0 Å². The predicted octanol–water partition coefficient (Wildman–Crippen LogP) is 2.72. The van der Waals surface area contributed by atoms with Crippen molar-refractivity contribution in [2.75, 3.05) is 31.6 Å². The molecule has 1 aliphatic heterocycles. The summed E-state index contributed by atoms with van der Waals surface area (Å²) in [5.74, 6) is 2.70. The fourth-order valence-electron chi connectivity index (χ4n) is 0.871. The first-order chi connectivity index (χ1) is 4.89. The highest BCUT2D eigenvalue weighted by atomic mass is 32.2. The van der Waals surface area contributed by atoms with Crippen LogP contribution < -0.4 is 0 Å². The van der Waals surface area contributed by atoms with Crippen molar-refractivity contribution in [2.45, 2.75) is 27.7 Å². The molecular formula is C9H23NS. The number of hydrogen-bond donors (Lipinski definition) is 0. The number of rotatable bonds is 0. The van der Waals surface area contributed by atoms with Crippen LogP contribution in [0.25, 0.3) is 0 Å². The summed E-state index contributed by atoms with van der Waals surface area (Å²) in [5, 5.41) is 0. The molecule has 0 aromatic rings. The van der Waals surface area contributed by atoms with Gasteiger partial charge in [-0.15, -0.1) is 0 Å². The second-order valence-corrected chi connectivity index (χ2v) is 3.49. The van der Waals surface area contributed by atoms with E-state index in [1.807, 2.05) is 13.8 Å². The summed E-state index contributed by atoms with van der Waals surface area (Å²) in [6, 6.07) is 0. The van der Waals surface area contributed by atoms with Crippen LogP contribution in [0, 0.1) is 0 Å². The van der Waals surface area contributed by atoms with E-state index in [2.05, 4.69) is 23.7 Å². The van der Waals surface area contributed by atoms with Gasteiger partial charge in [-0.2, -0.15) is 11.8 Å². The van der Waals surface area contributed by atoms with E-state index < -0.39 is 0 Å². The van der Waals surface area contributed by atoms with E-state index in [0.29, 0.717) is 0 Å². The van der Waals surface area contributed by atoms with Crippen molar-refractivity contribution in [1.29, 1.82) is 0 Å². The summed E-state index contributed by atoms with van der Waals surface area (Å²) < 4.78 is 0. The lowest BCUT2D eigenvalue weighted by atomic mass is 10.4. The fourth-order valence-corrected chi connectivity index (χ4v) is 1.85. The van der Waals surface area contributed by atoms with Crippen molar-refractivity contribution in [2.24, 2.45) is 0 Å². The molecule has 1 aliphatic rings. The molecule has 0 aromatic carbocycles. The molecule has 0 bridgehead atoms. The topological polar surface area (TPSA) is 3.24 Å². The second kappa shape index (κ2) is 10.3. The minimum Gasteiger partial charge on any atom is -0.306 e. The number of nitrogens with zero attached hydrogens (tertiary/aromatic N) is 1. The van der Waals surface area contributed by atoms with Gasteiger partial charge < -0.3 is 4.90 Å². The SMILES string of the molecule is C.CC.CN1CCCSCC1. The van der Waals surface area contributed by atoms with Crippen molar-refractivity contribution in [3.63, 3.8) is 0 Å². The van der Waals surface area contributed by atoms with Crippen molar-refractivity contribution >= 4 is 11.8 Å². The van der Waals surface area contributed by atoms with Gasteiger partial charge in [0.2, 0.25) is 0 Å². The van der Waals surface area contributed by atoms with Crippen LogP contribution in [0.2, 0.25) is 0 Å². The molecule has 11 heavy (non-hydrogen) atoms. The largest absolute Gasteiger partial charge is 0.306 e. The zero-order valence-corrected chi connectivity index (χ0v) is 8.21. The van der Waals surface area contributed by atoms with Gasteiger partial charge >= 0.3 is 0 Å². The van der Waals surface area contributed by atoms with E-state index >= 15 is 0 Å². The van der Waals surface area contributed by atoms with Crippen LogP contribution in [0.4, 0.5) is 0 Å². The van der Waals surface area contributed by atoms with Crippen molar-refractivity contribution in [1.82, 2.24) is 4.90 Å². The van der Waals surface area contributed by atoms with E-state index in [4.69, 9.17) is 0 Å². The smallest absolute Gasteiger partial charge is 0.00693 e. The molecule has 1 saturated heterocycles. The van der Waals surface area contributed by atoms with Crippen molar-refractivity contribution in [3.8, 4) is 0 Å². The minimum absolute atomic E-state index is 0. The Balaban J connectivity index is 0. The average molecular weight is 177 g/mol. The van der Waals surface area contributed by atoms with Gasteiger partial charge in [0, 0.05) is 12.3 Å². The Morgan fingerprint density at radius 1 is 1.09 bits per heavy atom. The summed E-state index contributed by atoms with van der Waals surface area (Å²) in [5.41, 5.74) is 0. The van der Waals surface area contributed by atoms with Crippen LogP contribution in [-0.2, 0) is 0 Å². The summed E-state index contributed by atoms with van der Waals surface area (Å²) in [6.45, 7) is 6.58. The normalized spacial score (nSPS) is 18.8. The molecule has 0 amide bonds. The summed E-state index contributed by atoms with van der Waals surface area (Å²) >= 11 is 2.08. The molecule has 1 rings (SSSR count). The highest BCUT2D eigenvalue weighted by Gasteiger charge is 2.01. The average Bonchev–Trinajstić information content (AvgIpc) is 2.21. The Bertz CT molecular complexity index is 58.6. The third-order valence-corrected chi connectivity index (χ3v) is 2.49. The molecule has 70 valence electrons. The molecule has 0 aromatic heterocycles. The maximum absolute atomic E-state index is 2.40. The first-order valence-electron chi connectivity index (χ1n) is 4.16. The molecule has 1 nitrogen and oxygen atoms in total. The van der Waals surface area contributed by atoms with Gasteiger partial charge in [0.1, 0.15) is 0 Å². The maximum atomic E-state index is 2.40. The molecule has 1 fully saturated rings. The van der Waals surface area contributed by atoms with Crippen LogP contribution in [0.5, 0.6) is 0 Å². The van der Waals surface area contributed by atoms with Gasteiger partial charge in [-0.05, 0) is 25.8 Å². The van der Waals surface area contributed by atoms with E-state index in [1.165, 1.54) is 31.0 Å². The molecule has 0 aliphatic carbocycles. The van der Waals surface area contributed by atoms with Crippen molar-refractivity contribution < 1.29 is 0 Å². The minimum atomic E-state index is 0. The molecule has 0 atom stereocenters. The van der Waals surface area contributed by atoms with Crippen LogP contribution >= 0.6 is 11.8 Å². The standard InChI is InChI=1S/C6H13NS.C2H6.CH4/c1-7-3-2-5-8-6-4-7;1-2;/h2-6H2,1H3;1-2H3;1H4. The zero-order valence-electron chi connectivity index (χ0n) is 7.39. The van der Waals surface area contributed by atoms with E-state index in [0.717, 1.165) is 0 Å². The van der Waals surface area contributed by atoms with Crippen molar-refractivity contribution in [3.05, 3.63) is 0 Å². The molecule has 0 saturated carbocycles. The summed E-state index contributed by atoms with van der Waals surface area (Å²) in [4.78, 5) is 2.40. The number of thioether (sulfide) groups is 1. The van der Waals surface area contributed by atoms with E-state index in [9.17, 15) is 0 Å². The van der Waals surface area contributed by atoms with E-state index in [1.54, 1.807) is 0 Å². The Morgan fingerprint density at radius 2 is 1.73 bits per heavy atom. The Kier molecular flexibility index (Phi) is 13.0. The second-order valence-electron chi connectivity index (χ2n) is 2.27. The predicted molar refractivity (Wildman–Crippen MR) is 57.5 cm³/mol. The van der Waals surface area contributed by atoms with Gasteiger partial charge in [-0.1, -0.05) is 21.3 Å². The zero-order chi connectivity index (χ0) is 7.82. The molecule has 0 spiro atoms. The number of hydrogen-bond acceptors (Lipinski definition) is 2. The third kappa shape index (κ3) is 8.21. The van der Waals surface area contributed by atoms with Crippen LogP contribution in [0.1, 0.15) is 27.7 Å². The molecule has 0 N–H and O–H groups in total. The summed E-state index contributed by atoms with van der Waals surface area (Å²) in [7, 11) is 2.20. The van der Waals surface area contributed by atoms with Gasteiger partial charge in [0.25, 0.3) is 0 Å². The molecule has 0 unspecified atom stereocenters. The van der Waals surface area contributed by atoms with Gasteiger partial charge in [0.15, 0.2) is 0 Å². The fraction of sp³-hybridized carbons (Fsp3) is 1.00. The van der Waals surface area contributed by atoms with Crippen LogP contribution in [-0.4, -0.2) is 36.5 Å². The maximum Gasteiger partial charge on any atom is 0.00693 e. The lowest BCUT2D eigenvalue weighted by Crippen LogP contribution is -2.20. The lowest BCUT2D eigenvalue weighted by Gasteiger charge is -2.09. The Hall–Kier alpha value is 0.310. The molecule has 1 heterocycles. The molecular weight excluding hydrogens is 154 g/mol. The van der Waals surface area contributed by atoms with Gasteiger partial charge in [0.05, 0.1) is 0 Å². The van der Waals surface area contributed by atoms with E-state index in [-0.39, 0.29) is 7.43 Å². The molecule has 0 radical (unpaired) electrons. The highest BCUT2D eigenvalue weighted by Crippen LogP contribution is 2.07. The monoisotopic (exact) mass is 177 g/mol. The Morgan fingerprint density at radius 3 is 2.36 bits per heavy atom. The first-order valence-corrected chi connectivity index (χ1v) is 5.31. The third-order valence-electron chi connectivity index (χ3n) is 1.45.